The van der Waals surface area contributed by atoms with Gasteiger partial charge in [0.15, 0.2) is 0 Å². The minimum absolute atomic E-state index is 0.0359. The van der Waals surface area contributed by atoms with Gasteiger partial charge in [-0.05, 0) is 31.5 Å². The SMILES string of the molecule is CCC(C)NC(=O)C1CSCN1S(=O)(=O)c1cc(C(=O)OC)ccc1C(=O)OC. The molecule has 1 aromatic rings. The van der Waals surface area contributed by atoms with Crippen molar-refractivity contribution >= 4 is 39.6 Å². The number of methoxy groups -OCH3 is 2. The molecule has 9 nitrogen and oxygen atoms in total. The lowest BCUT2D eigenvalue weighted by atomic mass is 10.1. The quantitative estimate of drug-likeness (QED) is 0.624. The van der Waals surface area contributed by atoms with E-state index in [2.05, 4.69) is 14.8 Å². The molecule has 11 heteroatoms. The highest BCUT2D eigenvalue weighted by Crippen LogP contribution is 2.31. The predicted octanol–water partition coefficient (Wildman–Crippen LogP) is 1.24. The molecule has 1 fully saturated rings. The Hall–Kier alpha value is -2.11. The van der Waals surface area contributed by atoms with E-state index in [9.17, 15) is 22.8 Å². The maximum atomic E-state index is 13.4. The van der Waals surface area contributed by atoms with Gasteiger partial charge < -0.3 is 14.8 Å². The van der Waals surface area contributed by atoms with Crippen LogP contribution in [-0.4, -0.2) is 68.5 Å². The Bertz CT molecular complexity index is 901. The highest BCUT2D eigenvalue weighted by molar-refractivity contribution is 8.00. The van der Waals surface area contributed by atoms with Gasteiger partial charge in [0.2, 0.25) is 15.9 Å². The molecular formula is C18H24N2O7S2. The Morgan fingerprint density at radius 3 is 2.48 bits per heavy atom. The first-order chi connectivity index (χ1) is 13.7. The Morgan fingerprint density at radius 1 is 1.24 bits per heavy atom. The molecule has 29 heavy (non-hydrogen) atoms. The van der Waals surface area contributed by atoms with Crippen molar-refractivity contribution in [2.75, 3.05) is 25.8 Å². The third kappa shape index (κ3) is 4.90. The standard InChI is InChI=1S/C18H24N2O7S2/c1-5-11(2)19-16(21)14-9-28-10-20(14)29(24,25)15-8-12(17(22)26-3)6-7-13(15)18(23)27-4/h6-8,11,14H,5,9-10H2,1-4H3,(H,19,21). The number of nitrogens with zero attached hydrogens (tertiary/aromatic N) is 1. The number of hydrogen-bond acceptors (Lipinski definition) is 8. The van der Waals surface area contributed by atoms with Crippen LogP contribution in [-0.2, 0) is 24.3 Å². The van der Waals surface area contributed by atoms with E-state index < -0.39 is 38.8 Å². The van der Waals surface area contributed by atoms with E-state index in [1.165, 1.54) is 23.9 Å². The van der Waals surface area contributed by atoms with Crippen LogP contribution in [0.25, 0.3) is 0 Å². The van der Waals surface area contributed by atoms with E-state index in [1.807, 2.05) is 13.8 Å². The summed E-state index contributed by atoms with van der Waals surface area (Å²) < 4.78 is 37.1. The number of sulfonamides is 1. The monoisotopic (exact) mass is 444 g/mol. The summed E-state index contributed by atoms with van der Waals surface area (Å²) in [6.45, 7) is 3.73. The summed E-state index contributed by atoms with van der Waals surface area (Å²) in [5, 5.41) is 2.79. The fourth-order valence-electron chi connectivity index (χ4n) is 2.70. The molecule has 0 saturated carbocycles. The van der Waals surface area contributed by atoms with E-state index in [4.69, 9.17) is 0 Å². The third-order valence-electron chi connectivity index (χ3n) is 4.54. The van der Waals surface area contributed by atoms with Crippen LogP contribution in [0.4, 0.5) is 0 Å². The van der Waals surface area contributed by atoms with Gasteiger partial charge in [-0.15, -0.1) is 11.8 Å². The molecule has 1 aromatic carbocycles. The molecule has 2 atom stereocenters. The summed E-state index contributed by atoms with van der Waals surface area (Å²) >= 11 is 1.29. The first-order valence-electron chi connectivity index (χ1n) is 8.88. The number of carbonyl (C=O) groups is 3. The highest BCUT2D eigenvalue weighted by atomic mass is 32.2. The molecule has 0 bridgehead atoms. The molecule has 0 aliphatic carbocycles. The summed E-state index contributed by atoms with van der Waals surface area (Å²) in [5.74, 6) is -1.70. The number of esters is 2. The lowest BCUT2D eigenvalue weighted by molar-refractivity contribution is -0.124. The maximum Gasteiger partial charge on any atom is 0.339 e. The minimum Gasteiger partial charge on any atom is -0.465 e. The van der Waals surface area contributed by atoms with E-state index in [0.717, 1.165) is 24.6 Å². The number of amides is 1. The molecule has 0 aromatic heterocycles. The Morgan fingerprint density at radius 2 is 1.90 bits per heavy atom. The van der Waals surface area contributed by atoms with Crippen molar-refractivity contribution in [2.45, 2.75) is 37.2 Å². The summed E-state index contributed by atoms with van der Waals surface area (Å²) in [6, 6.07) is 2.52. The van der Waals surface area contributed by atoms with Gasteiger partial charge in [-0.25, -0.2) is 18.0 Å². The molecule has 1 amide bonds. The van der Waals surface area contributed by atoms with Crippen LogP contribution in [0.1, 0.15) is 41.0 Å². The largest absolute Gasteiger partial charge is 0.465 e. The fourth-order valence-corrected chi connectivity index (χ4v) is 6.05. The number of hydrogen-bond donors (Lipinski definition) is 1. The molecule has 1 saturated heterocycles. The van der Waals surface area contributed by atoms with Gasteiger partial charge in [0.25, 0.3) is 0 Å². The van der Waals surface area contributed by atoms with Crippen molar-refractivity contribution in [1.29, 1.82) is 0 Å². The molecule has 1 aliphatic heterocycles. The van der Waals surface area contributed by atoms with Gasteiger partial charge >= 0.3 is 11.9 Å². The van der Waals surface area contributed by atoms with Crippen molar-refractivity contribution in [2.24, 2.45) is 0 Å². The van der Waals surface area contributed by atoms with Crippen molar-refractivity contribution in [3.05, 3.63) is 29.3 Å². The lowest BCUT2D eigenvalue weighted by Gasteiger charge is -2.25. The maximum absolute atomic E-state index is 13.4. The number of carbonyl (C=O) groups excluding carboxylic acids is 3. The van der Waals surface area contributed by atoms with Crippen molar-refractivity contribution in [1.82, 2.24) is 9.62 Å². The van der Waals surface area contributed by atoms with E-state index in [1.54, 1.807) is 0 Å². The normalized spacial score (nSPS) is 18.1. The van der Waals surface area contributed by atoms with Crippen molar-refractivity contribution < 1.29 is 32.3 Å². The van der Waals surface area contributed by atoms with Crippen LogP contribution >= 0.6 is 11.8 Å². The van der Waals surface area contributed by atoms with Crippen LogP contribution in [0.5, 0.6) is 0 Å². The Kier molecular flexibility index (Phi) is 7.66. The van der Waals surface area contributed by atoms with Gasteiger partial charge in [-0.2, -0.15) is 4.31 Å². The second-order valence-electron chi connectivity index (χ2n) is 6.42. The number of ether oxygens (including phenoxy) is 2. The van der Waals surface area contributed by atoms with E-state index >= 15 is 0 Å². The van der Waals surface area contributed by atoms with Gasteiger partial charge in [0, 0.05) is 11.8 Å². The van der Waals surface area contributed by atoms with Gasteiger partial charge in [-0.3, -0.25) is 4.79 Å². The fraction of sp³-hybridized carbons (Fsp3) is 0.500. The summed E-state index contributed by atoms with van der Waals surface area (Å²) in [6.07, 6.45) is 0.700. The molecular weight excluding hydrogens is 420 g/mol. The highest BCUT2D eigenvalue weighted by Gasteiger charge is 2.42. The third-order valence-corrected chi connectivity index (χ3v) is 7.61. The number of nitrogens with one attached hydrogen (secondary N) is 1. The summed E-state index contributed by atoms with van der Waals surface area (Å²) in [4.78, 5) is 36.2. The second-order valence-corrected chi connectivity index (χ2v) is 9.28. The minimum atomic E-state index is -4.28. The average Bonchev–Trinajstić information content (AvgIpc) is 3.23. The van der Waals surface area contributed by atoms with Gasteiger partial charge in [0.05, 0.1) is 36.1 Å². The van der Waals surface area contributed by atoms with Crippen LogP contribution in [0, 0.1) is 0 Å². The van der Waals surface area contributed by atoms with Crippen molar-refractivity contribution in [3.63, 3.8) is 0 Å². The first kappa shape index (κ1) is 23.2. The number of benzene rings is 1. The smallest absolute Gasteiger partial charge is 0.339 e. The number of thioether (sulfide) groups is 1. The molecule has 2 unspecified atom stereocenters. The predicted molar refractivity (Wildman–Crippen MR) is 107 cm³/mol. The zero-order chi connectivity index (χ0) is 21.8. The average molecular weight is 445 g/mol. The van der Waals surface area contributed by atoms with Crippen LogP contribution < -0.4 is 5.32 Å². The van der Waals surface area contributed by atoms with Crippen molar-refractivity contribution in [3.8, 4) is 0 Å². The Balaban J connectivity index is 2.51. The Labute approximate surface area is 174 Å². The molecule has 0 spiro atoms. The van der Waals surface area contributed by atoms with Gasteiger partial charge in [0.1, 0.15) is 6.04 Å². The number of rotatable bonds is 7. The molecule has 2 rings (SSSR count). The summed E-state index contributed by atoms with van der Waals surface area (Å²) in [5.41, 5.74) is -0.260. The molecule has 0 radical (unpaired) electrons. The van der Waals surface area contributed by atoms with Crippen LogP contribution in [0.3, 0.4) is 0 Å². The first-order valence-corrected chi connectivity index (χ1v) is 11.5. The molecule has 160 valence electrons. The lowest BCUT2D eigenvalue weighted by Crippen LogP contribution is -2.49. The van der Waals surface area contributed by atoms with E-state index in [-0.39, 0.29) is 28.8 Å². The van der Waals surface area contributed by atoms with Crippen LogP contribution in [0.2, 0.25) is 0 Å². The second kappa shape index (κ2) is 9.59. The molecule has 1 heterocycles. The molecule has 1 N–H and O–H groups in total. The summed E-state index contributed by atoms with van der Waals surface area (Å²) in [7, 11) is -1.99. The topological polar surface area (TPSA) is 119 Å². The zero-order valence-electron chi connectivity index (χ0n) is 16.6. The van der Waals surface area contributed by atoms with E-state index in [0.29, 0.717) is 6.42 Å². The van der Waals surface area contributed by atoms with Crippen LogP contribution in [0.15, 0.2) is 23.1 Å². The zero-order valence-corrected chi connectivity index (χ0v) is 18.3. The van der Waals surface area contributed by atoms with Gasteiger partial charge in [-0.1, -0.05) is 6.92 Å². The molecule has 1 aliphatic rings.